The fraction of sp³-hybridized carbons (Fsp3) is 0.516. The highest BCUT2D eigenvalue weighted by atomic mass is 19.1. The lowest BCUT2D eigenvalue weighted by Gasteiger charge is -2.41. The van der Waals surface area contributed by atoms with Crippen molar-refractivity contribution in [1.82, 2.24) is 10.2 Å². The van der Waals surface area contributed by atoms with Crippen molar-refractivity contribution in [1.29, 1.82) is 0 Å². The molecule has 2 amide bonds. The highest BCUT2D eigenvalue weighted by Crippen LogP contribution is 2.52. The normalized spacial score (nSPS) is 18.6. The summed E-state index contributed by atoms with van der Waals surface area (Å²) in [6.45, 7) is 5.39. The number of nitrogens with zero attached hydrogens (tertiary/aromatic N) is 1. The summed E-state index contributed by atoms with van der Waals surface area (Å²) in [7, 11) is 0. The van der Waals surface area contributed by atoms with Gasteiger partial charge in [-0.05, 0) is 74.6 Å². The first-order chi connectivity index (χ1) is 19.4. The van der Waals surface area contributed by atoms with Gasteiger partial charge in [0.05, 0.1) is 31.8 Å². The van der Waals surface area contributed by atoms with Crippen molar-refractivity contribution >= 4 is 17.8 Å². The number of nitrogens with two attached hydrogens (primary N) is 1. The molecule has 10 heteroatoms. The summed E-state index contributed by atoms with van der Waals surface area (Å²) in [4.78, 5) is 40.3. The predicted molar refractivity (Wildman–Crippen MR) is 149 cm³/mol. The number of benzene rings is 2. The predicted octanol–water partition coefficient (Wildman–Crippen LogP) is 3.70. The van der Waals surface area contributed by atoms with E-state index in [4.69, 9.17) is 15.2 Å². The van der Waals surface area contributed by atoms with Gasteiger partial charge >= 0.3 is 5.97 Å². The Morgan fingerprint density at radius 2 is 1.76 bits per heavy atom. The Morgan fingerprint density at radius 1 is 1.10 bits per heavy atom. The van der Waals surface area contributed by atoms with Gasteiger partial charge in [-0.25, -0.2) is 8.78 Å². The molecule has 8 nitrogen and oxygen atoms in total. The molecule has 1 heterocycles. The molecule has 1 unspecified atom stereocenters. The Labute approximate surface area is 239 Å². The summed E-state index contributed by atoms with van der Waals surface area (Å²) in [6.07, 6.45) is 2.50. The van der Waals surface area contributed by atoms with E-state index in [9.17, 15) is 23.2 Å². The van der Waals surface area contributed by atoms with Crippen LogP contribution in [0.15, 0.2) is 42.5 Å². The van der Waals surface area contributed by atoms with Crippen molar-refractivity contribution in [2.45, 2.75) is 76.0 Å². The van der Waals surface area contributed by atoms with Gasteiger partial charge in [-0.3, -0.25) is 14.4 Å². The van der Waals surface area contributed by atoms with Gasteiger partial charge in [0, 0.05) is 18.7 Å². The first-order valence-electron chi connectivity index (χ1n) is 14.1. The molecule has 2 aliphatic rings. The van der Waals surface area contributed by atoms with Crippen molar-refractivity contribution < 1.29 is 32.6 Å². The summed E-state index contributed by atoms with van der Waals surface area (Å²) < 4.78 is 38.9. The number of rotatable bonds is 10. The molecule has 1 fully saturated rings. The zero-order valence-electron chi connectivity index (χ0n) is 23.9. The highest BCUT2D eigenvalue weighted by molar-refractivity contribution is 5.91. The van der Waals surface area contributed by atoms with E-state index in [1.165, 1.54) is 25.5 Å². The van der Waals surface area contributed by atoms with Crippen LogP contribution in [0, 0.1) is 11.6 Å². The van der Waals surface area contributed by atoms with E-state index >= 15 is 0 Å². The van der Waals surface area contributed by atoms with Crippen LogP contribution in [0.5, 0.6) is 0 Å². The number of hydrogen-bond donors (Lipinski definition) is 2. The van der Waals surface area contributed by atoms with Crippen LogP contribution in [0.1, 0.15) is 69.1 Å². The molecule has 4 rings (SSSR count). The molecule has 3 N–H and O–H groups in total. The lowest BCUT2D eigenvalue weighted by molar-refractivity contribution is -0.143. The van der Waals surface area contributed by atoms with E-state index in [0.717, 1.165) is 24.1 Å². The second-order valence-electron chi connectivity index (χ2n) is 11.6. The number of esters is 1. The van der Waals surface area contributed by atoms with Crippen molar-refractivity contribution in [3.8, 4) is 0 Å². The molecule has 1 spiro atoms. The Balaban J connectivity index is 1.45. The van der Waals surface area contributed by atoms with Crippen LogP contribution in [0.25, 0.3) is 0 Å². The number of amides is 2. The average molecular weight is 572 g/mol. The van der Waals surface area contributed by atoms with Crippen LogP contribution < -0.4 is 11.1 Å². The number of likely N-dealkylation sites (tertiary alicyclic amines) is 1. The molecule has 1 aliphatic carbocycles. The molecule has 1 saturated heterocycles. The Bertz CT molecular complexity index is 1250. The third-order valence-corrected chi connectivity index (χ3v) is 8.14. The number of nitrogens with one attached hydrogen (secondary N) is 1. The second-order valence-corrected chi connectivity index (χ2v) is 11.6. The Hall–Kier alpha value is -3.37. The summed E-state index contributed by atoms with van der Waals surface area (Å²) in [5.41, 5.74) is 6.66. The first-order valence-corrected chi connectivity index (χ1v) is 14.1. The molecule has 0 radical (unpaired) electrons. The summed E-state index contributed by atoms with van der Waals surface area (Å²) >= 11 is 0. The molecule has 2 atom stereocenters. The highest BCUT2D eigenvalue weighted by Gasteiger charge is 2.47. The lowest BCUT2D eigenvalue weighted by Crippen LogP contribution is -2.59. The van der Waals surface area contributed by atoms with Gasteiger partial charge in [-0.15, -0.1) is 0 Å². The number of piperidine rings is 1. The zero-order chi connectivity index (χ0) is 29.8. The summed E-state index contributed by atoms with van der Waals surface area (Å²) in [6, 6.07) is 10.6. The van der Waals surface area contributed by atoms with E-state index in [-0.39, 0.29) is 35.4 Å². The van der Waals surface area contributed by atoms with E-state index in [2.05, 4.69) is 17.4 Å². The maximum atomic E-state index is 14.1. The maximum absolute atomic E-state index is 14.1. The summed E-state index contributed by atoms with van der Waals surface area (Å²) in [5.74, 6) is -2.55. The molecule has 2 aromatic carbocycles. The van der Waals surface area contributed by atoms with E-state index < -0.39 is 35.7 Å². The Morgan fingerprint density at radius 3 is 2.39 bits per heavy atom. The molecule has 0 saturated carbocycles. The number of fused-ring (bicyclic) bond motifs is 2. The summed E-state index contributed by atoms with van der Waals surface area (Å²) in [5, 5.41) is 2.67. The fourth-order valence-corrected chi connectivity index (χ4v) is 5.95. The zero-order valence-corrected chi connectivity index (χ0v) is 23.9. The van der Waals surface area contributed by atoms with Gasteiger partial charge in [-0.1, -0.05) is 30.3 Å². The van der Waals surface area contributed by atoms with Crippen LogP contribution in [0.4, 0.5) is 8.78 Å². The second kappa shape index (κ2) is 12.7. The number of carbonyl (C=O) groups excluding carboxylic acids is 3. The van der Waals surface area contributed by atoms with Crippen molar-refractivity contribution in [2.75, 3.05) is 26.3 Å². The topological polar surface area (TPSA) is 111 Å². The van der Waals surface area contributed by atoms with Gasteiger partial charge < -0.3 is 25.4 Å². The van der Waals surface area contributed by atoms with Crippen LogP contribution in [0.2, 0.25) is 0 Å². The van der Waals surface area contributed by atoms with Crippen LogP contribution >= 0.6 is 0 Å². The first kappa shape index (κ1) is 30.6. The van der Waals surface area contributed by atoms with Crippen molar-refractivity contribution in [3.05, 3.63) is 70.8 Å². The number of halogens is 2. The third kappa shape index (κ3) is 6.93. The van der Waals surface area contributed by atoms with Gasteiger partial charge in [0.15, 0.2) is 0 Å². The smallest absolute Gasteiger partial charge is 0.306 e. The average Bonchev–Trinajstić information content (AvgIpc) is 3.21. The maximum Gasteiger partial charge on any atom is 0.306 e. The molecule has 2 aromatic rings. The van der Waals surface area contributed by atoms with Crippen molar-refractivity contribution in [2.24, 2.45) is 5.73 Å². The van der Waals surface area contributed by atoms with E-state index in [0.29, 0.717) is 39.0 Å². The third-order valence-electron chi connectivity index (χ3n) is 8.14. The molecule has 41 heavy (non-hydrogen) atoms. The van der Waals surface area contributed by atoms with Crippen LogP contribution in [-0.4, -0.2) is 60.6 Å². The van der Waals surface area contributed by atoms with Crippen LogP contribution in [0.3, 0.4) is 0 Å². The molecule has 0 aromatic heterocycles. The van der Waals surface area contributed by atoms with Gasteiger partial charge in [0.25, 0.3) is 0 Å². The number of carbonyl (C=O) groups is 3. The van der Waals surface area contributed by atoms with Gasteiger partial charge in [0.2, 0.25) is 11.8 Å². The lowest BCUT2D eigenvalue weighted by atomic mass is 9.73. The minimum absolute atomic E-state index is 0.0542. The van der Waals surface area contributed by atoms with Gasteiger partial charge in [0.1, 0.15) is 17.7 Å². The SMILES string of the molecule is CCOC(=O)C[C@H]1CC2(CCN(C(=O)C(COCc3c(F)cccc3F)NC(=O)C(C)(C)N)CC2)c2ccccc21. The van der Waals surface area contributed by atoms with Crippen molar-refractivity contribution in [3.63, 3.8) is 0 Å². The van der Waals surface area contributed by atoms with Crippen LogP contribution in [-0.2, 0) is 35.9 Å². The van der Waals surface area contributed by atoms with Gasteiger partial charge in [-0.2, -0.15) is 0 Å². The molecular formula is C31H39F2N3O5. The molecule has 0 bridgehead atoms. The fourth-order valence-electron chi connectivity index (χ4n) is 5.95. The minimum Gasteiger partial charge on any atom is -0.466 e. The monoisotopic (exact) mass is 571 g/mol. The number of hydrogen-bond acceptors (Lipinski definition) is 6. The molecule has 1 aliphatic heterocycles. The standard InChI is InChI=1S/C31H39F2N3O5/c1-4-41-27(37)16-20-17-31(23-9-6-5-8-21(20)23)12-14-36(15-13-31)28(38)26(35-29(39)30(2,3)34)19-40-18-22-24(32)10-7-11-25(22)33/h5-11,20,26H,4,12-19,34H2,1-3H3,(H,35,39)/t20-,26?/m0/s1. The van der Waals surface area contributed by atoms with E-state index in [1.54, 1.807) is 11.8 Å². The quantitative estimate of drug-likeness (QED) is 0.421. The largest absolute Gasteiger partial charge is 0.466 e. The van der Waals surface area contributed by atoms with E-state index in [1.807, 2.05) is 12.1 Å². The number of ether oxygens (including phenoxy) is 2. The molecular weight excluding hydrogens is 532 g/mol. The Kier molecular flexibility index (Phi) is 9.44. The molecule has 222 valence electrons. The minimum atomic E-state index is -1.25.